The molecule has 0 radical (unpaired) electrons. The Hall–Kier alpha value is 0.437. The van der Waals surface area contributed by atoms with Gasteiger partial charge in [0.15, 0.2) is 0 Å². The lowest BCUT2D eigenvalue weighted by molar-refractivity contribution is 1.08. The Morgan fingerprint density at radius 1 is 1.80 bits per heavy atom. The van der Waals surface area contributed by atoms with Crippen LogP contribution in [0.2, 0.25) is 6.04 Å². The molecule has 5 heavy (non-hydrogen) atoms. The molecular weight excluding hydrogens is 96.2 g/mol. The fraction of sp³-hybridized carbons (Fsp3) is 1.00. The predicted octanol–water partition coefficient (Wildman–Crippen LogP) is 1.36. The normalized spacial score (nSPS) is 7.40. The van der Waals surface area contributed by atoms with Crippen molar-refractivity contribution in [3.05, 3.63) is 0 Å². The van der Waals surface area contributed by atoms with Crippen LogP contribution in [0.1, 0.15) is 13.3 Å². The molecule has 0 aromatic rings. The summed E-state index contributed by atoms with van der Waals surface area (Å²) in [7, 11) is 0.369. The summed E-state index contributed by atoms with van der Waals surface area (Å²) in [4.78, 5) is 0. The zero-order valence-corrected chi connectivity index (χ0v) is 5.37. The van der Waals surface area contributed by atoms with Crippen molar-refractivity contribution in [2.45, 2.75) is 19.4 Å². The molecule has 0 N–H and O–H groups in total. The zero-order valence-electron chi connectivity index (χ0n) is 3.40. The standard InChI is InChI=1S/C3H8SSi/c1-2-3-5-4/h5H,2-3H2,1H3. The Morgan fingerprint density at radius 3 is 2.40 bits per heavy atom. The van der Waals surface area contributed by atoms with Crippen LogP contribution < -0.4 is 0 Å². The topological polar surface area (TPSA) is 0 Å². The summed E-state index contributed by atoms with van der Waals surface area (Å²) in [5, 5.41) is 0. The smallest absolute Gasteiger partial charge is 0.0776 e. The molecule has 0 nitrogen and oxygen atoms in total. The van der Waals surface area contributed by atoms with Gasteiger partial charge in [-0.15, -0.1) is 11.6 Å². The summed E-state index contributed by atoms with van der Waals surface area (Å²) >= 11 is 4.73. The monoisotopic (exact) mass is 104 g/mol. The minimum Gasteiger partial charge on any atom is -0.143 e. The molecule has 0 unspecified atom stereocenters. The molecule has 0 aliphatic carbocycles. The average Bonchev–Trinajstić information content (AvgIpc) is 1.41. The van der Waals surface area contributed by atoms with E-state index in [-0.39, 0.29) is 0 Å². The number of hydrogen-bond donors (Lipinski definition) is 0. The molecule has 0 fully saturated rings. The third-order valence-corrected chi connectivity index (χ3v) is 1.93. The first kappa shape index (κ1) is 5.44. The zero-order chi connectivity index (χ0) is 4.12. The molecule has 0 amide bonds. The van der Waals surface area contributed by atoms with Crippen LogP contribution in [0.3, 0.4) is 0 Å². The van der Waals surface area contributed by atoms with E-state index in [2.05, 4.69) is 6.92 Å². The largest absolute Gasteiger partial charge is 0.143 e. The van der Waals surface area contributed by atoms with Crippen LogP contribution >= 0.6 is 11.6 Å². The van der Waals surface area contributed by atoms with E-state index in [1.54, 1.807) is 0 Å². The second kappa shape index (κ2) is 4.44. The first-order chi connectivity index (χ1) is 2.41. The minimum atomic E-state index is 0.369. The molecule has 0 aliphatic heterocycles. The maximum atomic E-state index is 4.73. The van der Waals surface area contributed by atoms with Crippen LogP contribution in [0.15, 0.2) is 0 Å². The van der Waals surface area contributed by atoms with Crippen molar-refractivity contribution in [1.29, 1.82) is 0 Å². The SMILES string of the molecule is CCC[SiH]=S. The summed E-state index contributed by atoms with van der Waals surface area (Å²) in [5.74, 6) is 0. The molecule has 0 saturated carbocycles. The molecule has 0 atom stereocenters. The predicted molar refractivity (Wildman–Crippen MR) is 29.8 cm³/mol. The van der Waals surface area contributed by atoms with E-state index in [1.807, 2.05) is 0 Å². The van der Waals surface area contributed by atoms with Gasteiger partial charge in [0.05, 0.1) is 8.23 Å². The molecule has 0 aliphatic rings. The summed E-state index contributed by atoms with van der Waals surface area (Å²) in [6.45, 7) is 2.17. The summed E-state index contributed by atoms with van der Waals surface area (Å²) in [6.07, 6.45) is 1.28. The Balaban J connectivity index is 2.40. The van der Waals surface area contributed by atoms with E-state index in [1.165, 1.54) is 12.5 Å². The molecule has 0 heterocycles. The van der Waals surface area contributed by atoms with Crippen molar-refractivity contribution in [3.63, 3.8) is 0 Å². The molecule has 0 aromatic heterocycles. The Bertz CT molecular complexity index is 28.1. The van der Waals surface area contributed by atoms with Gasteiger partial charge in [-0.05, 0) is 6.04 Å². The summed E-state index contributed by atoms with van der Waals surface area (Å²) in [6, 6.07) is 1.29. The fourth-order valence-electron chi connectivity index (χ4n) is 0.118. The molecular formula is C3H8SSi. The Morgan fingerprint density at radius 2 is 2.40 bits per heavy atom. The molecule has 0 rings (SSSR count). The third-order valence-electron chi connectivity index (χ3n) is 0.407. The third kappa shape index (κ3) is 4.44. The lowest BCUT2D eigenvalue weighted by Crippen LogP contribution is -1.61. The molecule has 30 valence electrons. The highest BCUT2D eigenvalue weighted by Crippen LogP contribution is 1.78. The first-order valence-electron chi connectivity index (χ1n) is 1.85. The molecule has 0 aromatic carbocycles. The van der Waals surface area contributed by atoms with Crippen molar-refractivity contribution >= 4 is 19.9 Å². The van der Waals surface area contributed by atoms with Gasteiger partial charge in [-0.2, -0.15) is 0 Å². The van der Waals surface area contributed by atoms with Crippen molar-refractivity contribution in [3.8, 4) is 0 Å². The molecule has 0 spiro atoms. The van der Waals surface area contributed by atoms with Gasteiger partial charge in [0.25, 0.3) is 0 Å². The summed E-state index contributed by atoms with van der Waals surface area (Å²) in [5.41, 5.74) is 0. The highest BCUT2D eigenvalue weighted by atomic mass is 32.2. The van der Waals surface area contributed by atoms with Gasteiger partial charge in [-0.1, -0.05) is 13.3 Å². The second-order valence-corrected chi connectivity index (χ2v) is 2.87. The molecule has 0 bridgehead atoms. The van der Waals surface area contributed by atoms with E-state index in [9.17, 15) is 0 Å². The van der Waals surface area contributed by atoms with Gasteiger partial charge in [-0.3, -0.25) is 0 Å². The van der Waals surface area contributed by atoms with Crippen LogP contribution in [0, 0.1) is 0 Å². The lowest BCUT2D eigenvalue weighted by Gasteiger charge is -1.70. The van der Waals surface area contributed by atoms with Gasteiger partial charge >= 0.3 is 0 Å². The van der Waals surface area contributed by atoms with Crippen LogP contribution in [0.5, 0.6) is 0 Å². The lowest BCUT2D eigenvalue weighted by atomic mass is 10.6. The van der Waals surface area contributed by atoms with Crippen molar-refractivity contribution < 1.29 is 0 Å². The van der Waals surface area contributed by atoms with Crippen LogP contribution in [0.25, 0.3) is 0 Å². The Labute approximate surface area is 39.9 Å². The average molecular weight is 104 g/mol. The van der Waals surface area contributed by atoms with Crippen molar-refractivity contribution in [2.75, 3.05) is 0 Å². The Kier molecular flexibility index (Phi) is 4.82. The minimum absolute atomic E-state index is 0.369. The van der Waals surface area contributed by atoms with E-state index < -0.39 is 0 Å². The van der Waals surface area contributed by atoms with Crippen molar-refractivity contribution in [2.24, 2.45) is 0 Å². The van der Waals surface area contributed by atoms with E-state index >= 15 is 0 Å². The van der Waals surface area contributed by atoms with Gasteiger partial charge in [-0.25, -0.2) is 0 Å². The maximum Gasteiger partial charge on any atom is 0.0776 e. The van der Waals surface area contributed by atoms with Crippen molar-refractivity contribution in [1.82, 2.24) is 0 Å². The molecule has 2 heteroatoms. The maximum absolute atomic E-state index is 4.73. The summed E-state index contributed by atoms with van der Waals surface area (Å²) < 4.78 is 0. The quantitative estimate of drug-likeness (QED) is 0.477. The number of rotatable bonds is 2. The van der Waals surface area contributed by atoms with Crippen LogP contribution in [0.4, 0.5) is 0 Å². The second-order valence-electron chi connectivity index (χ2n) is 0.955. The first-order valence-corrected chi connectivity index (χ1v) is 4.55. The molecule has 0 saturated heterocycles. The van der Waals surface area contributed by atoms with Crippen LogP contribution in [-0.4, -0.2) is 8.23 Å². The number of hydrogen-bond acceptors (Lipinski definition) is 1. The van der Waals surface area contributed by atoms with E-state index in [0.29, 0.717) is 8.23 Å². The van der Waals surface area contributed by atoms with Gasteiger partial charge in [0, 0.05) is 0 Å². The van der Waals surface area contributed by atoms with Crippen LogP contribution in [-0.2, 0) is 0 Å². The van der Waals surface area contributed by atoms with Gasteiger partial charge < -0.3 is 0 Å². The van der Waals surface area contributed by atoms with Gasteiger partial charge in [0.1, 0.15) is 0 Å². The fourth-order valence-corrected chi connectivity index (χ4v) is 1.06. The highest BCUT2D eigenvalue weighted by molar-refractivity contribution is 7.85. The van der Waals surface area contributed by atoms with E-state index in [0.717, 1.165) is 0 Å². The van der Waals surface area contributed by atoms with Gasteiger partial charge in [0.2, 0.25) is 0 Å². The van der Waals surface area contributed by atoms with E-state index in [4.69, 9.17) is 11.6 Å². The highest BCUT2D eigenvalue weighted by Gasteiger charge is 1.64.